The first-order valence-corrected chi connectivity index (χ1v) is 9.94. The van der Waals surface area contributed by atoms with Crippen LogP contribution in [0.3, 0.4) is 0 Å². The van der Waals surface area contributed by atoms with Gasteiger partial charge < -0.3 is 4.98 Å². The predicted molar refractivity (Wildman–Crippen MR) is 98.2 cm³/mol. The molecule has 0 bridgehead atoms. The van der Waals surface area contributed by atoms with Gasteiger partial charge in [0.2, 0.25) is 10.0 Å². The molecule has 1 aromatic heterocycles. The standard InChI is InChI=1S/C19H19N3O2S/c23-25(24,22-17-9-10-17)13-14-5-4-8-16(11-14)18-12-20-19(21-18)15-6-2-1-3-7-15/h1-8,11-12,17,22H,9-10,13H2,(H,20,21). The van der Waals surface area contributed by atoms with Crippen molar-refractivity contribution in [2.45, 2.75) is 24.6 Å². The molecule has 1 fully saturated rings. The van der Waals surface area contributed by atoms with Gasteiger partial charge in [0.25, 0.3) is 0 Å². The maximum absolute atomic E-state index is 12.2. The predicted octanol–water partition coefficient (Wildman–Crippen LogP) is 3.33. The number of nitrogens with one attached hydrogen (secondary N) is 2. The van der Waals surface area contributed by atoms with Crippen LogP contribution in [0, 0.1) is 0 Å². The normalized spacial score (nSPS) is 14.6. The number of benzene rings is 2. The van der Waals surface area contributed by atoms with Gasteiger partial charge in [-0.15, -0.1) is 0 Å². The summed E-state index contributed by atoms with van der Waals surface area (Å²) in [4.78, 5) is 7.73. The van der Waals surface area contributed by atoms with Gasteiger partial charge in [-0.05, 0) is 30.0 Å². The van der Waals surface area contributed by atoms with Crippen LogP contribution in [-0.2, 0) is 15.8 Å². The topological polar surface area (TPSA) is 74.8 Å². The Morgan fingerprint density at radius 3 is 2.56 bits per heavy atom. The molecular formula is C19H19N3O2S. The van der Waals surface area contributed by atoms with Crippen molar-refractivity contribution in [2.75, 3.05) is 0 Å². The molecule has 128 valence electrons. The first-order valence-electron chi connectivity index (χ1n) is 8.29. The zero-order chi connectivity index (χ0) is 17.3. The van der Waals surface area contributed by atoms with Gasteiger partial charge in [0.1, 0.15) is 5.82 Å². The Morgan fingerprint density at radius 1 is 1.04 bits per heavy atom. The van der Waals surface area contributed by atoms with Gasteiger partial charge in [0.15, 0.2) is 0 Å². The highest BCUT2D eigenvalue weighted by molar-refractivity contribution is 7.88. The van der Waals surface area contributed by atoms with E-state index in [2.05, 4.69) is 14.7 Å². The quantitative estimate of drug-likeness (QED) is 0.714. The Bertz CT molecular complexity index is 977. The maximum Gasteiger partial charge on any atom is 0.216 e. The number of hydrogen-bond donors (Lipinski definition) is 2. The zero-order valence-electron chi connectivity index (χ0n) is 13.6. The van der Waals surface area contributed by atoms with Crippen LogP contribution in [0.4, 0.5) is 0 Å². The number of hydrogen-bond acceptors (Lipinski definition) is 3. The Hall–Kier alpha value is -2.44. The summed E-state index contributed by atoms with van der Waals surface area (Å²) in [6, 6.07) is 17.6. The maximum atomic E-state index is 12.2. The van der Waals surface area contributed by atoms with Crippen molar-refractivity contribution in [3.63, 3.8) is 0 Å². The lowest BCUT2D eigenvalue weighted by Gasteiger charge is -2.07. The molecule has 5 nitrogen and oxygen atoms in total. The van der Waals surface area contributed by atoms with Crippen molar-refractivity contribution >= 4 is 10.0 Å². The highest BCUT2D eigenvalue weighted by atomic mass is 32.2. The largest absolute Gasteiger partial charge is 0.338 e. The summed E-state index contributed by atoms with van der Waals surface area (Å²) in [5.41, 5.74) is 3.57. The minimum atomic E-state index is -3.28. The molecule has 1 saturated carbocycles. The molecule has 2 aromatic carbocycles. The molecule has 0 amide bonds. The summed E-state index contributed by atoms with van der Waals surface area (Å²) in [6.07, 6.45) is 3.66. The number of aromatic amines is 1. The van der Waals surface area contributed by atoms with Gasteiger partial charge in [-0.25, -0.2) is 18.1 Å². The molecule has 0 saturated heterocycles. The SMILES string of the molecule is O=S(=O)(Cc1cccc(-c2cnc(-c3ccccc3)[nH]2)c1)NC1CC1. The van der Waals surface area contributed by atoms with Crippen LogP contribution in [0.5, 0.6) is 0 Å². The smallest absolute Gasteiger partial charge is 0.216 e. The van der Waals surface area contributed by atoms with E-state index in [4.69, 9.17) is 0 Å². The van der Waals surface area contributed by atoms with Crippen molar-refractivity contribution in [3.05, 3.63) is 66.4 Å². The number of H-pyrrole nitrogens is 1. The van der Waals surface area contributed by atoms with Gasteiger partial charge in [0, 0.05) is 11.6 Å². The second-order valence-corrected chi connectivity index (χ2v) is 8.12. The summed E-state index contributed by atoms with van der Waals surface area (Å²) in [7, 11) is -3.28. The lowest BCUT2D eigenvalue weighted by atomic mass is 10.1. The molecule has 4 rings (SSSR count). The van der Waals surface area contributed by atoms with Crippen LogP contribution in [0.25, 0.3) is 22.6 Å². The van der Waals surface area contributed by atoms with Gasteiger partial charge in [-0.3, -0.25) is 0 Å². The zero-order valence-corrected chi connectivity index (χ0v) is 14.5. The third-order valence-corrected chi connectivity index (χ3v) is 5.55. The Kier molecular flexibility index (Phi) is 4.15. The molecule has 0 radical (unpaired) electrons. The minimum absolute atomic E-state index is 0.00296. The second-order valence-electron chi connectivity index (χ2n) is 6.36. The molecule has 2 N–H and O–H groups in total. The van der Waals surface area contributed by atoms with Gasteiger partial charge in [-0.1, -0.05) is 48.5 Å². The van der Waals surface area contributed by atoms with E-state index in [0.29, 0.717) is 0 Å². The number of imidazole rings is 1. The van der Waals surface area contributed by atoms with Crippen LogP contribution in [0.15, 0.2) is 60.8 Å². The molecule has 1 heterocycles. The van der Waals surface area contributed by atoms with E-state index in [0.717, 1.165) is 41.1 Å². The van der Waals surface area contributed by atoms with E-state index < -0.39 is 10.0 Å². The highest BCUT2D eigenvalue weighted by Crippen LogP contribution is 2.24. The van der Waals surface area contributed by atoms with Crippen LogP contribution in [-0.4, -0.2) is 24.4 Å². The Morgan fingerprint density at radius 2 is 1.80 bits per heavy atom. The fraction of sp³-hybridized carbons (Fsp3) is 0.211. The van der Waals surface area contributed by atoms with E-state index in [-0.39, 0.29) is 11.8 Å². The molecular weight excluding hydrogens is 334 g/mol. The Labute approximate surface area is 147 Å². The third kappa shape index (κ3) is 3.97. The number of aromatic nitrogens is 2. The van der Waals surface area contributed by atoms with Crippen molar-refractivity contribution in [2.24, 2.45) is 0 Å². The first-order chi connectivity index (χ1) is 12.1. The minimum Gasteiger partial charge on any atom is -0.338 e. The van der Waals surface area contributed by atoms with E-state index >= 15 is 0 Å². The molecule has 0 aliphatic heterocycles. The van der Waals surface area contributed by atoms with E-state index in [1.807, 2.05) is 54.6 Å². The molecule has 0 spiro atoms. The van der Waals surface area contributed by atoms with Crippen LogP contribution in [0.1, 0.15) is 18.4 Å². The third-order valence-electron chi connectivity index (χ3n) is 4.14. The number of nitrogens with zero attached hydrogens (tertiary/aromatic N) is 1. The van der Waals surface area contributed by atoms with Crippen LogP contribution < -0.4 is 4.72 Å². The van der Waals surface area contributed by atoms with Gasteiger partial charge >= 0.3 is 0 Å². The number of sulfonamides is 1. The average molecular weight is 353 g/mol. The van der Waals surface area contributed by atoms with Crippen molar-refractivity contribution in [3.8, 4) is 22.6 Å². The summed E-state index contributed by atoms with van der Waals surface area (Å²) >= 11 is 0. The lowest BCUT2D eigenvalue weighted by molar-refractivity contribution is 0.580. The lowest BCUT2D eigenvalue weighted by Crippen LogP contribution is -2.27. The second kappa shape index (κ2) is 6.46. The fourth-order valence-corrected chi connectivity index (χ4v) is 4.20. The summed E-state index contributed by atoms with van der Waals surface area (Å²) < 4.78 is 27.0. The first kappa shape index (κ1) is 16.1. The fourth-order valence-electron chi connectivity index (χ4n) is 2.76. The summed E-state index contributed by atoms with van der Waals surface area (Å²) in [5, 5.41) is 0. The molecule has 1 aliphatic carbocycles. The van der Waals surface area contributed by atoms with Crippen molar-refractivity contribution in [1.82, 2.24) is 14.7 Å². The average Bonchev–Trinajstić information content (AvgIpc) is 3.26. The summed E-state index contributed by atoms with van der Waals surface area (Å²) in [5.74, 6) is 0.792. The van der Waals surface area contributed by atoms with Crippen LogP contribution in [0.2, 0.25) is 0 Å². The summed E-state index contributed by atoms with van der Waals surface area (Å²) in [6.45, 7) is 0. The van der Waals surface area contributed by atoms with Gasteiger partial charge in [0.05, 0.1) is 17.6 Å². The monoisotopic (exact) mass is 353 g/mol. The Balaban J connectivity index is 1.56. The van der Waals surface area contributed by atoms with Crippen LogP contribution >= 0.6 is 0 Å². The molecule has 0 unspecified atom stereocenters. The highest BCUT2D eigenvalue weighted by Gasteiger charge is 2.26. The molecule has 6 heteroatoms. The molecule has 0 atom stereocenters. The van der Waals surface area contributed by atoms with Crippen molar-refractivity contribution in [1.29, 1.82) is 0 Å². The van der Waals surface area contributed by atoms with Gasteiger partial charge in [-0.2, -0.15) is 0 Å². The van der Waals surface area contributed by atoms with E-state index in [1.165, 1.54) is 0 Å². The van der Waals surface area contributed by atoms with E-state index in [9.17, 15) is 8.42 Å². The van der Waals surface area contributed by atoms with E-state index in [1.54, 1.807) is 6.20 Å². The molecule has 25 heavy (non-hydrogen) atoms. The van der Waals surface area contributed by atoms with Crippen molar-refractivity contribution < 1.29 is 8.42 Å². The molecule has 3 aromatic rings. The molecule has 1 aliphatic rings. The number of rotatable bonds is 6.